The summed E-state index contributed by atoms with van der Waals surface area (Å²) in [7, 11) is 0. The molecule has 2 rings (SSSR count). The van der Waals surface area contributed by atoms with Gasteiger partial charge in [-0.25, -0.2) is 0 Å². The molecule has 0 aromatic rings. The van der Waals surface area contributed by atoms with Crippen molar-refractivity contribution < 1.29 is 19.1 Å². The zero-order chi connectivity index (χ0) is 7.14. The zero-order valence-electron chi connectivity index (χ0n) is 5.20. The molecule has 0 amide bonds. The molecule has 0 saturated carbocycles. The highest BCUT2D eigenvalue weighted by Crippen LogP contribution is 2.27. The van der Waals surface area contributed by atoms with Gasteiger partial charge in [-0.2, -0.15) is 0 Å². The van der Waals surface area contributed by atoms with Crippen LogP contribution in [0.5, 0.6) is 0 Å². The van der Waals surface area contributed by atoms with Gasteiger partial charge in [-0.15, -0.1) is 0 Å². The first-order valence-electron chi connectivity index (χ1n) is 3.14. The van der Waals surface area contributed by atoms with Gasteiger partial charge in [0, 0.05) is 0 Å². The van der Waals surface area contributed by atoms with Crippen LogP contribution in [0.1, 0.15) is 12.8 Å². The Hall–Kier alpha value is -1.06. The summed E-state index contributed by atoms with van der Waals surface area (Å²) in [6.07, 6.45) is -0.118. The van der Waals surface area contributed by atoms with E-state index in [1.54, 1.807) is 0 Å². The van der Waals surface area contributed by atoms with Crippen molar-refractivity contribution in [2.45, 2.75) is 25.0 Å². The zero-order valence-corrected chi connectivity index (χ0v) is 5.20. The van der Waals surface area contributed by atoms with Gasteiger partial charge in [-0.05, 0) is 0 Å². The summed E-state index contributed by atoms with van der Waals surface area (Å²) in [5.74, 6) is -0.523. The van der Waals surface area contributed by atoms with E-state index in [1.807, 2.05) is 0 Å². The topological polar surface area (TPSA) is 52.6 Å². The maximum absolute atomic E-state index is 10.5. The number of carbonyl (C=O) groups excluding carboxylic acids is 2. The molecule has 0 N–H and O–H groups in total. The third-order valence-electron chi connectivity index (χ3n) is 1.72. The van der Waals surface area contributed by atoms with Gasteiger partial charge in [0.15, 0.2) is 0 Å². The summed E-state index contributed by atoms with van der Waals surface area (Å²) in [5, 5.41) is 0. The smallest absolute Gasteiger partial charge is 0.310 e. The molecule has 4 heteroatoms. The van der Waals surface area contributed by atoms with E-state index in [1.165, 1.54) is 0 Å². The van der Waals surface area contributed by atoms with Crippen LogP contribution in [0.4, 0.5) is 0 Å². The molecule has 0 bridgehead atoms. The first-order valence-corrected chi connectivity index (χ1v) is 3.14. The third-order valence-corrected chi connectivity index (χ3v) is 1.72. The second-order valence-corrected chi connectivity index (χ2v) is 2.46. The molecular formula is C6H6O4. The molecule has 0 aliphatic carbocycles. The number of rotatable bonds is 0. The molecule has 2 aliphatic heterocycles. The van der Waals surface area contributed by atoms with Gasteiger partial charge in [0.1, 0.15) is 12.2 Å². The van der Waals surface area contributed by atoms with Crippen molar-refractivity contribution >= 4 is 11.9 Å². The first kappa shape index (κ1) is 5.70. The van der Waals surface area contributed by atoms with Crippen LogP contribution in [-0.2, 0) is 19.1 Å². The summed E-state index contributed by atoms with van der Waals surface area (Å²) >= 11 is 0. The summed E-state index contributed by atoms with van der Waals surface area (Å²) < 4.78 is 9.54. The highest BCUT2D eigenvalue weighted by molar-refractivity contribution is 5.79. The summed E-state index contributed by atoms with van der Waals surface area (Å²) in [4.78, 5) is 21.1. The molecule has 54 valence electrons. The van der Waals surface area contributed by atoms with E-state index in [0.29, 0.717) is 0 Å². The fourth-order valence-corrected chi connectivity index (χ4v) is 1.26. The van der Waals surface area contributed by atoms with E-state index in [2.05, 4.69) is 0 Å². The molecular weight excluding hydrogens is 136 g/mol. The molecule has 2 heterocycles. The highest BCUT2D eigenvalue weighted by Gasteiger charge is 2.44. The lowest BCUT2D eigenvalue weighted by Crippen LogP contribution is -2.13. The van der Waals surface area contributed by atoms with Gasteiger partial charge in [-0.1, -0.05) is 0 Å². The molecule has 2 fully saturated rings. The van der Waals surface area contributed by atoms with Crippen LogP contribution in [-0.4, -0.2) is 24.1 Å². The van der Waals surface area contributed by atoms with E-state index in [4.69, 9.17) is 9.47 Å². The summed E-state index contributed by atoms with van der Waals surface area (Å²) in [6.45, 7) is 0. The number of esters is 2. The number of hydrogen-bond acceptors (Lipinski definition) is 4. The monoisotopic (exact) mass is 142 g/mol. The van der Waals surface area contributed by atoms with Crippen molar-refractivity contribution in [3.8, 4) is 0 Å². The molecule has 0 radical (unpaired) electrons. The molecule has 0 unspecified atom stereocenters. The Morgan fingerprint density at radius 3 is 1.80 bits per heavy atom. The molecule has 0 spiro atoms. The van der Waals surface area contributed by atoms with Crippen LogP contribution in [0.3, 0.4) is 0 Å². The highest BCUT2D eigenvalue weighted by atomic mass is 16.6. The van der Waals surface area contributed by atoms with Crippen LogP contribution in [0.15, 0.2) is 0 Å². The second kappa shape index (κ2) is 1.71. The lowest BCUT2D eigenvalue weighted by atomic mass is 10.2. The average molecular weight is 142 g/mol. The van der Waals surface area contributed by atoms with Gasteiger partial charge >= 0.3 is 11.9 Å². The van der Waals surface area contributed by atoms with Gasteiger partial charge in [0.25, 0.3) is 0 Å². The lowest BCUT2D eigenvalue weighted by molar-refractivity contribution is -0.144. The molecule has 2 atom stereocenters. The summed E-state index contributed by atoms with van der Waals surface area (Å²) in [5.41, 5.74) is 0. The number of fused-ring (bicyclic) bond motifs is 1. The molecule has 0 aromatic carbocycles. The minimum atomic E-state index is -0.292. The molecule has 0 aromatic heterocycles. The predicted octanol–water partition coefficient (Wildman–Crippen LogP) is -0.383. The van der Waals surface area contributed by atoms with Gasteiger partial charge in [-0.3, -0.25) is 9.59 Å². The van der Waals surface area contributed by atoms with Crippen molar-refractivity contribution in [3.05, 3.63) is 0 Å². The summed E-state index contributed by atoms with van der Waals surface area (Å²) in [6, 6.07) is 0. The minimum absolute atomic E-state index is 0.233. The Morgan fingerprint density at radius 1 is 1.00 bits per heavy atom. The van der Waals surface area contributed by atoms with Gasteiger partial charge in [0.2, 0.25) is 0 Å². The fourth-order valence-electron chi connectivity index (χ4n) is 1.26. The van der Waals surface area contributed by atoms with Crippen molar-refractivity contribution in [2.75, 3.05) is 0 Å². The lowest BCUT2D eigenvalue weighted by Gasteiger charge is -2.00. The minimum Gasteiger partial charge on any atom is -0.458 e. The van der Waals surface area contributed by atoms with Crippen LogP contribution in [0.25, 0.3) is 0 Å². The van der Waals surface area contributed by atoms with E-state index >= 15 is 0 Å². The van der Waals surface area contributed by atoms with Crippen LogP contribution >= 0.6 is 0 Å². The van der Waals surface area contributed by atoms with Gasteiger partial charge < -0.3 is 9.47 Å². The van der Waals surface area contributed by atoms with Gasteiger partial charge in [0.05, 0.1) is 12.8 Å². The molecule has 2 aliphatic rings. The number of hydrogen-bond donors (Lipinski definition) is 0. The SMILES string of the molecule is O=C1C[C@@H]2OC(=O)C[C@@H]2O1. The van der Waals surface area contributed by atoms with Crippen molar-refractivity contribution in [3.63, 3.8) is 0 Å². The van der Waals surface area contributed by atoms with E-state index < -0.39 is 0 Å². The van der Waals surface area contributed by atoms with Crippen LogP contribution in [0, 0.1) is 0 Å². The van der Waals surface area contributed by atoms with E-state index in [9.17, 15) is 9.59 Å². The average Bonchev–Trinajstić information content (AvgIpc) is 2.21. The Morgan fingerprint density at radius 2 is 1.40 bits per heavy atom. The van der Waals surface area contributed by atoms with Crippen molar-refractivity contribution in [1.82, 2.24) is 0 Å². The fraction of sp³-hybridized carbons (Fsp3) is 0.667. The maximum atomic E-state index is 10.5. The Balaban J connectivity index is 2.12. The Labute approximate surface area is 57.1 Å². The van der Waals surface area contributed by atoms with E-state index in [-0.39, 0.29) is 37.0 Å². The van der Waals surface area contributed by atoms with Crippen molar-refractivity contribution in [2.24, 2.45) is 0 Å². The number of carbonyl (C=O) groups is 2. The standard InChI is InChI=1S/C6H6O4/c7-5-1-3-4(10-5)2-6(8)9-3/h3-4H,1-2H2/t3-,4-/m0/s1. The molecule has 2 saturated heterocycles. The first-order chi connectivity index (χ1) is 4.75. The van der Waals surface area contributed by atoms with Crippen LogP contribution < -0.4 is 0 Å². The normalized spacial score (nSPS) is 37.2. The quantitative estimate of drug-likeness (QED) is 0.432. The maximum Gasteiger partial charge on any atom is 0.310 e. The molecule has 4 nitrogen and oxygen atoms in total. The van der Waals surface area contributed by atoms with E-state index in [0.717, 1.165) is 0 Å². The largest absolute Gasteiger partial charge is 0.458 e. The Bertz CT molecular complexity index is 160. The predicted molar refractivity (Wildman–Crippen MR) is 29.0 cm³/mol. The number of ether oxygens (including phenoxy) is 2. The van der Waals surface area contributed by atoms with Crippen molar-refractivity contribution in [1.29, 1.82) is 0 Å². The molecule has 10 heavy (non-hydrogen) atoms. The van der Waals surface area contributed by atoms with Crippen LogP contribution in [0.2, 0.25) is 0 Å². The second-order valence-electron chi connectivity index (χ2n) is 2.46. The third kappa shape index (κ3) is 0.683. The Kier molecular flexibility index (Phi) is 0.977.